The molecule has 2 amide bonds. The molecule has 1 N–H and O–H groups in total. The number of hydrogen-bond acceptors (Lipinski definition) is 6. The Balaban J connectivity index is 1.70. The van der Waals surface area contributed by atoms with Crippen LogP contribution in [0.1, 0.15) is 28.5 Å². The molecule has 0 spiro atoms. The number of benzene rings is 1. The Kier molecular flexibility index (Phi) is 6.42. The molecule has 3 rings (SSSR count). The van der Waals surface area contributed by atoms with Gasteiger partial charge in [0.05, 0.1) is 12.1 Å². The largest absolute Gasteiger partial charge is 0.456 e. The Bertz CT molecular complexity index is 1000. The number of fused-ring (bicyclic) bond motifs is 1. The fraction of sp³-hybridized carbons (Fsp3) is 0.238. The summed E-state index contributed by atoms with van der Waals surface area (Å²) in [7, 11) is 0. The molecule has 0 saturated heterocycles. The molecule has 0 radical (unpaired) electrons. The lowest BCUT2D eigenvalue weighted by Crippen LogP contribution is -2.38. The SMILES string of the molecule is CC(=O)OCC(=O)N1CCc2c(sc(NC(=O)C=Cc3ccccc3)c2C#N)C1. The van der Waals surface area contributed by atoms with Crippen molar-refractivity contribution in [1.82, 2.24) is 4.90 Å². The third-order valence-corrected chi connectivity index (χ3v) is 5.52. The van der Waals surface area contributed by atoms with Gasteiger partial charge in [-0.25, -0.2) is 0 Å². The van der Waals surface area contributed by atoms with E-state index in [9.17, 15) is 19.6 Å². The van der Waals surface area contributed by atoms with Gasteiger partial charge in [0.2, 0.25) is 5.91 Å². The number of carbonyl (C=O) groups is 3. The number of carbonyl (C=O) groups excluding carboxylic acids is 3. The number of nitriles is 1. The molecule has 0 saturated carbocycles. The second-order valence-electron chi connectivity index (χ2n) is 6.40. The van der Waals surface area contributed by atoms with Crippen molar-refractivity contribution in [2.24, 2.45) is 0 Å². The highest BCUT2D eigenvalue weighted by atomic mass is 32.1. The maximum absolute atomic E-state index is 12.3. The number of rotatable bonds is 5. The van der Waals surface area contributed by atoms with Gasteiger partial charge in [0, 0.05) is 24.4 Å². The predicted octanol–water partition coefficient (Wildman–Crippen LogP) is 2.72. The summed E-state index contributed by atoms with van der Waals surface area (Å²) in [5, 5.41) is 12.8. The van der Waals surface area contributed by atoms with Crippen molar-refractivity contribution in [3.63, 3.8) is 0 Å². The highest BCUT2D eigenvalue weighted by Crippen LogP contribution is 2.36. The molecule has 0 unspecified atom stereocenters. The minimum absolute atomic E-state index is 0.283. The number of esters is 1. The number of nitrogens with one attached hydrogen (secondary N) is 1. The summed E-state index contributed by atoms with van der Waals surface area (Å²) in [4.78, 5) is 37.8. The fourth-order valence-corrected chi connectivity index (χ4v) is 4.18. The van der Waals surface area contributed by atoms with E-state index in [0.29, 0.717) is 30.1 Å². The Morgan fingerprint density at radius 1 is 1.31 bits per heavy atom. The number of anilines is 1. The lowest BCUT2D eigenvalue weighted by Gasteiger charge is -2.26. The monoisotopic (exact) mass is 409 g/mol. The summed E-state index contributed by atoms with van der Waals surface area (Å²) < 4.78 is 4.77. The zero-order chi connectivity index (χ0) is 20.8. The minimum Gasteiger partial charge on any atom is -0.456 e. The maximum atomic E-state index is 12.3. The first kappa shape index (κ1) is 20.3. The normalized spacial score (nSPS) is 12.9. The third kappa shape index (κ3) is 5.09. The molecule has 1 aliphatic heterocycles. The van der Waals surface area contributed by atoms with E-state index in [0.717, 1.165) is 16.0 Å². The second-order valence-corrected chi connectivity index (χ2v) is 7.50. The van der Waals surface area contributed by atoms with Gasteiger partial charge in [0.25, 0.3) is 5.91 Å². The summed E-state index contributed by atoms with van der Waals surface area (Å²) in [6, 6.07) is 11.6. The molecular weight excluding hydrogens is 390 g/mol. The van der Waals surface area contributed by atoms with E-state index in [2.05, 4.69) is 11.4 Å². The summed E-state index contributed by atoms with van der Waals surface area (Å²) in [6.07, 6.45) is 3.63. The Hall–Kier alpha value is -3.44. The molecule has 2 heterocycles. The minimum atomic E-state index is -0.507. The number of hydrogen-bond donors (Lipinski definition) is 1. The van der Waals surface area contributed by atoms with Crippen LogP contribution >= 0.6 is 11.3 Å². The van der Waals surface area contributed by atoms with Gasteiger partial charge in [-0.1, -0.05) is 30.3 Å². The van der Waals surface area contributed by atoms with E-state index in [1.54, 1.807) is 11.0 Å². The van der Waals surface area contributed by atoms with Crippen molar-refractivity contribution in [1.29, 1.82) is 5.26 Å². The molecule has 148 valence electrons. The van der Waals surface area contributed by atoms with Crippen molar-refractivity contribution in [3.8, 4) is 6.07 Å². The lowest BCUT2D eigenvalue weighted by molar-refractivity contribution is -0.150. The van der Waals surface area contributed by atoms with Crippen LogP contribution in [0.25, 0.3) is 6.08 Å². The van der Waals surface area contributed by atoms with Crippen molar-refractivity contribution in [2.75, 3.05) is 18.5 Å². The van der Waals surface area contributed by atoms with Crippen LogP contribution in [0.5, 0.6) is 0 Å². The molecule has 0 fully saturated rings. The molecule has 0 aliphatic carbocycles. The lowest BCUT2D eigenvalue weighted by atomic mass is 10.0. The Morgan fingerprint density at radius 3 is 2.76 bits per heavy atom. The number of nitrogens with zero attached hydrogens (tertiary/aromatic N) is 2. The van der Waals surface area contributed by atoms with Gasteiger partial charge >= 0.3 is 5.97 Å². The standard InChI is InChI=1S/C21H19N3O4S/c1-14(25)28-13-20(27)24-10-9-16-17(11-22)21(29-18(16)12-24)23-19(26)8-7-15-5-3-2-4-6-15/h2-8H,9-10,12-13H2,1H3,(H,23,26). The van der Waals surface area contributed by atoms with Gasteiger partial charge in [-0.15, -0.1) is 11.3 Å². The predicted molar refractivity (Wildman–Crippen MR) is 109 cm³/mol. The van der Waals surface area contributed by atoms with Crippen LogP contribution in [0.3, 0.4) is 0 Å². The van der Waals surface area contributed by atoms with E-state index >= 15 is 0 Å². The first-order valence-electron chi connectivity index (χ1n) is 8.98. The van der Waals surface area contributed by atoms with Gasteiger partial charge in [-0.05, 0) is 23.6 Å². The van der Waals surface area contributed by atoms with E-state index in [1.807, 2.05) is 30.3 Å². The summed E-state index contributed by atoms with van der Waals surface area (Å²) in [5.74, 6) is -1.12. The van der Waals surface area contributed by atoms with Gasteiger partial charge in [-0.3, -0.25) is 14.4 Å². The molecule has 1 aromatic carbocycles. The average molecular weight is 409 g/mol. The zero-order valence-corrected chi connectivity index (χ0v) is 16.6. The van der Waals surface area contributed by atoms with E-state index in [1.165, 1.54) is 24.3 Å². The zero-order valence-electron chi connectivity index (χ0n) is 15.8. The van der Waals surface area contributed by atoms with Crippen LogP contribution < -0.4 is 5.32 Å². The van der Waals surface area contributed by atoms with Crippen LogP contribution in [0, 0.1) is 11.3 Å². The van der Waals surface area contributed by atoms with Crippen molar-refractivity contribution >= 4 is 40.2 Å². The fourth-order valence-electron chi connectivity index (χ4n) is 2.97. The molecule has 0 bridgehead atoms. The van der Waals surface area contributed by atoms with Crippen LogP contribution in [0.15, 0.2) is 36.4 Å². The van der Waals surface area contributed by atoms with Crippen molar-refractivity contribution < 1.29 is 19.1 Å². The first-order valence-corrected chi connectivity index (χ1v) is 9.79. The van der Waals surface area contributed by atoms with E-state index < -0.39 is 5.97 Å². The summed E-state index contributed by atoms with van der Waals surface area (Å²) in [5.41, 5.74) is 2.20. The maximum Gasteiger partial charge on any atom is 0.303 e. The van der Waals surface area contributed by atoms with Gasteiger partial charge < -0.3 is 15.0 Å². The van der Waals surface area contributed by atoms with Gasteiger partial charge in [-0.2, -0.15) is 5.26 Å². The quantitative estimate of drug-likeness (QED) is 0.605. The number of amides is 2. The summed E-state index contributed by atoms with van der Waals surface area (Å²) in [6.45, 7) is 1.71. The first-order chi connectivity index (χ1) is 14.0. The van der Waals surface area contributed by atoms with Gasteiger partial charge in [0.15, 0.2) is 6.61 Å². The molecule has 29 heavy (non-hydrogen) atoms. The number of thiophene rings is 1. The Labute approximate surface area is 172 Å². The van der Waals surface area contributed by atoms with Crippen LogP contribution in [0.4, 0.5) is 5.00 Å². The molecule has 7 nitrogen and oxygen atoms in total. The second kappa shape index (κ2) is 9.17. The van der Waals surface area contributed by atoms with Crippen LogP contribution in [-0.4, -0.2) is 35.8 Å². The van der Waals surface area contributed by atoms with Crippen molar-refractivity contribution in [3.05, 3.63) is 58.0 Å². The molecule has 8 heteroatoms. The molecular formula is C21H19N3O4S. The van der Waals surface area contributed by atoms with Crippen molar-refractivity contribution in [2.45, 2.75) is 19.9 Å². The average Bonchev–Trinajstić information content (AvgIpc) is 3.07. The molecule has 1 aliphatic rings. The summed E-state index contributed by atoms with van der Waals surface area (Å²) >= 11 is 1.29. The highest BCUT2D eigenvalue weighted by Gasteiger charge is 2.27. The molecule has 0 atom stereocenters. The smallest absolute Gasteiger partial charge is 0.303 e. The van der Waals surface area contributed by atoms with Crippen LogP contribution in [0.2, 0.25) is 0 Å². The highest BCUT2D eigenvalue weighted by molar-refractivity contribution is 7.16. The number of ether oxygens (including phenoxy) is 1. The molecule has 2 aromatic rings. The Morgan fingerprint density at radius 2 is 2.07 bits per heavy atom. The van der Waals surface area contributed by atoms with E-state index in [-0.39, 0.29) is 18.4 Å². The third-order valence-electron chi connectivity index (χ3n) is 4.38. The molecule has 1 aromatic heterocycles. The van der Waals surface area contributed by atoms with Crippen LogP contribution in [-0.2, 0) is 32.1 Å². The van der Waals surface area contributed by atoms with E-state index in [4.69, 9.17) is 4.74 Å². The topological polar surface area (TPSA) is 99.5 Å². The van der Waals surface area contributed by atoms with Gasteiger partial charge in [0.1, 0.15) is 11.1 Å².